The van der Waals surface area contributed by atoms with Gasteiger partial charge in [-0.2, -0.15) is 5.10 Å². The van der Waals surface area contributed by atoms with Crippen molar-refractivity contribution in [2.45, 2.75) is 83.0 Å². The van der Waals surface area contributed by atoms with Gasteiger partial charge in [0.25, 0.3) is 0 Å². The van der Waals surface area contributed by atoms with Crippen molar-refractivity contribution in [1.82, 2.24) is 5.43 Å². The van der Waals surface area contributed by atoms with Gasteiger partial charge in [-0.25, -0.2) is 4.79 Å². The summed E-state index contributed by atoms with van der Waals surface area (Å²) in [5.41, 5.74) is -1.31. The van der Waals surface area contributed by atoms with Crippen molar-refractivity contribution >= 4 is 23.4 Å². The Bertz CT molecular complexity index is 1340. The SMILES string of the molecule is CC(=O)O[C@@]12CO[C@@H]1C[C@H]1NN=C3C(=O)C4=C(C)[C@@H](O)C[C@@](O)([C@@H](OC(=O)c5ccccc5)[C@H]2[C@]31C)C4(C)C. The van der Waals surface area contributed by atoms with Crippen LogP contribution in [0.15, 0.2) is 46.6 Å². The molecule has 2 heterocycles. The summed E-state index contributed by atoms with van der Waals surface area (Å²) in [6.45, 7) is 8.28. The molecule has 2 aliphatic heterocycles. The fourth-order valence-electron chi connectivity index (χ4n) is 7.99. The van der Waals surface area contributed by atoms with Crippen LogP contribution >= 0.6 is 0 Å². The molecule has 5 aliphatic rings. The molecule has 208 valence electrons. The molecule has 1 aromatic carbocycles. The van der Waals surface area contributed by atoms with E-state index in [-0.39, 0.29) is 35.7 Å². The number of benzene rings is 1. The Labute approximate surface area is 226 Å². The van der Waals surface area contributed by atoms with Crippen LogP contribution in [0.4, 0.5) is 0 Å². The molecule has 6 rings (SSSR count). The summed E-state index contributed by atoms with van der Waals surface area (Å²) in [4.78, 5) is 40.5. The van der Waals surface area contributed by atoms with E-state index in [2.05, 4.69) is 10.5 Å². The Balaban J connectivity index is 1.64. The van der Waals surface area contributed by atoms with Crippen molar-refractivity contribution in [2.24, 2.45) is 21.8 Å². The van der Waals surface area contributed by atoms with Crippen molar-refractivity contribution in [1.29, 1.82) is 0 Å². The number of Topliss-reactive ketones (excluding diaryl/α,β-unsaturated/α-hetero) is 1. The summed E-state index contributed by atoms with van der Waals surface area (Å²) in [6, 6.07) is 8.01. The number of rotatable bonds is 3. The van der Waals surface area contributed by atoms with Gasteiger partial charge in [-0.3, -0.25) is 9.59 Å². The van der Waals surface area contributed by atoms with Gasteiger partial charge in [-0.1, -0.05) is 39.0 Å². The number of hydrogen-bond acceptors (Lipinski definition) is 10. The van der Waals surface area contributed by atoms with Gasteiger partial charge in [0, 0.05) is 36.2 Å². The Kier molecular flexibility index (Phi) is 5.51. The molecule has 3 aliphatic carbocycles. The van der Waals surface area contributed by atoms with Crippen LogP contribution in [0.1, 0.15) is 57.8 Å². The fourth-order valence-corrected chi connectivity index (χ4v) is 7.99. The van der Waals surface area contributed by atoms with Gasteiger partial charge < -0.3 is 29.8 Å². The molecular weight excluding hydrogens is 504 g/mol. The average Bonchev–Trinajstić information content (AvgIpc) is 3.20. The molecular formula is C29H34N2O8. The maximum absolute atomic E-state index is 14.3. The highest BCUT2D eigenvalue weighted by molar-refractivity contribution is 6.48. The highest BCUT2D eigenvalue weighted by atomic mass is 16.6. The zero-order valence-electron chi connectivity index (χ0n) is 22.7. The molecule has 1 aromatic rings. The standard InChI is InChI=1S/C29H34N2O8/c1-14-17(33)12-29(36)24(38-25(35)16-9-7-6-8-10-16)22-27(5)18(11-19-28(22,13-37-19)39-15(2)32)30-31-23(27)21(34)20(14)26(29,3)4/h6-10,17-19,22,24,30,33,36H,11-13H2,1-5H3/t17-,18+,19+,22-,24-,27+,28-,29+/m0/s1. The monoisotopic (exact) mass is 538 g/mol. The number of ether oxygens (including phenoxy) is 3. The second-order valence-electron chi connectivity index (χ2n) is 12.3. The first-order valence-corrected chi connectivity index (χ1v) is 13.4. The van der Waals surface area contributed by atoms with Crippen LogP contribution in [-0.4, -0.2) is 75.8 Å². The van der Waals surface area contributed by atoms with Crippen LogP contribution in [0.5, 0.6) is 0 Å². The van der Waals surface area contributed by atoms with Gasteiger partial charge in [-0.15, -0.1) is 0 Å². The number of aliphatic hydroxyl groups is 2. The number of hydrazone groups is 1. The Morgan fingerprint density at radius 3 is 2.49 bits per heavy atom. The van der Waals surface area contributed by atoms with E-state index in [0.29, 0.717) is 12.0 Å². The molecule has 3 N–H and O–H groups in total. The van der Waals surface area contributed by atoms with Gasteiger partial charge >= 0.3 is 11.9 Å². The molecule has 1 saturated heterocycles. The zero-order valence-corrected chi connectivity index (χ0v) is 22.7. The van der Waals surface area contributed by atoms with E-state index in [1.54, 1.807) is 51.1 Å². The lowest BCUT2D eigenvalue weighted by molar-refractivity contribution is -0.329. The second kappa shape index (κ2) is 8.22. The largest absolute Gasteiger partial charge is 0.455 e. The lowest BCUT2D eigenvalue weighted by Gasteiger charge is -2.66. The molecule has 0 spiro atoms. The zero-order chi connectivity index (χ0) is 28.1. The Hall–Kier alpha value is -3.08. The number of nitrogens with zero attached hydrogens (tertiary/aromatic N) is 1. The number of nitrogens with one attached hydrogen (secondary N) is 1. The van der Waals surface area contributed by atoms with Crippen molar-refractivity contribution < 1.29 is 38.8 Å². The summed E-state index contributed by atoms with van der Waals surface area (Å²) < 4.78 is 18.3. The van der Waals surface area contributed by atoms with Crippen LogP contribution in [0, 0.1) is 16.7 Å². The van der Waals surface area contributed by atoms with Gasteiger partial charge in [0.2, 0.25) is 5.78 Å². The van der Waals surface area contributed by atoms with Crippen LogP contribution in [0.2, 0.25) is 0 Å². The molecule has 10 heteroatoms. The van der Waals surface area contributed by atoms with E-state index in [4.69, 9.17) is 14.2 Å². The van der Waals surface area contributed by atoms with Gasteiger partial charge in [-0.05, 0) is 24.6 Å². The van der Waals surface area contributed by atoms with Crippen LogP contribution in [-0.2, 0) is 23.8 Å². The Morgan fingerprint density at radius 2 is 1.87 bits per heavy atom. The molecule has 8 atom stereocenters. The average molecular weight is 539 g/mol. The van der Waals surface area contributed by atoms with Crippen molar-refractivity contribution in [2.75, 3.05) is 6.61 Å². The topological polar surface area (TPSA) is 144 Å². The van der Waals surface area contributed by atoms with E-state index in [0.717, 1.165) is 0 Å². The predicted octanol–water partition coefficient (Wildman–Crippen LogP) is 1.69. The lowest BCUT2D eigenvalue weighted by Crippen LogP contribution is -2.81. The van der Waals surface area contributed by atoms with Crippen LogP contribution < -0.4 is 5.43 Å². The molecule has 0 unspecified atom stereocenters. The molecule has 0 radical (unpaired) electrons. The predicted molar refractivity (Wildman–Crippen MR) is 138 cm³/mol. The summed E-state index contributed by atoms with van der Waals surface area (Å²) in [7, 11) is 0. The minimum Gasteiger partial charge on any atom is -0.455 e. The van der Waals surface area contributed by atoms with E-state index >= 15 is 0 Å². The maximum atomic E-state index is 14.3. The van der Waals surface area contributed by atoms with E-state index in [1.165, 1.54) is 6.92 Å². The maximum Gasteiger partial charge on any atom is 0.338 e. The van der Waals surface area contributed by atoms with E-state index in [1.807, 2.05) is 6.92 Å². The first-order valence-electron chi connectivity index (χ1n) is 13.4. The summed E-state index contributed by atoms with van der Waals surface area (Å²) in [5.74, 6) is -2.54. The number of fused-ring (bicyclic) bond motifs is 4. The fraction of sp³-hybridized carbons (Fsp3) is 0.586. The van der Waals surface area contributed by atoms with Crippen molar-refractivity contribution in [3.05, 3.63) is 47.0 Å². The number of aliphatic hydroxyl groups excluding tert-OH is 1. The second-order valence-corrected chi connectivity index (χ2v) is 12.3. The molecule has 2 bridgehead atoms. The molecule has 0 amide bonds. The van der Waals surface area contributed by atoms with Gasteiger partial charge in [0.1, 0.15) is 23.5 Å². The van der Waals surface area contributed by atoms with E-state index < -0.39 is 64.2 Å². The third-order valence-corrected chi connectivity index (χ3v) is 10.1. The summed E-state index contributed by atoms with van der Waals surface area (Å²) in [6.07, 6.45) is -2.85. The lowest BCUT2D eigenvalue weighted by atomic mass is 9.44. The van der Waals surface area contributed by atoms with E-state index in [9.17, 15) is 24.6 Å². The number of esters is 2. The summed E-state index contributed by atoms with van der Waals surface area (Å²) in [5, 5.41) is 28.4. The number of carbonyl (C=O) groups excluding carboxylic acids is 3. The van der Waals surface area contributed by atoms with Crippen molar-refractivity contribution in [3.63, 3.8) is 0 Å². The molecule has 10 nitrogen and oxygen atoms in total. The molecule has 39 heavy (non-hydrogen) atoms. The third-order valence-electron chi connectivity index (χ3n) is 10.1. The minimum atomic E-state index is -1.92. The molecule has 0 aromatic heterocycles. The third kappa shape index (κ3) is 3.19. The first kappa shape index (κ1) is 26.2. The van der Waals surface area contributed by atoms with Crippen molar-refractivity contribution in [3.8, 4) is 0 Å². The number of hydrogen-bond donors (Lipinski definition) is 3. The summed E-state index contributed by atoms with van der Waals surface area (Å²) >= 11 is 0. The van der Waals surface area contributed by atoms with Gasteiger partial charge in [0.05, 0.1) is 30.2 Å². The smallest absolute Gasteiger partial charge is 0.338 e. The molecule has 3 fully saturated rings. The van der Waals surface area contributed by atoms with Gasteiger partial charge in [0.15, 0.2) is 5.60 Å². The highest BCUT2D eigenvalue weighted by Gasteiger charge is 2.78. The van der Waals surface area contributed by atoms with Crippen LogP contribution in [0.3, 0.4) is 0 Å². The van der Waals surface area contributed by atoms with Crippen LogP contribution in [0.25, 0.3) is 0 Å². The number of ketones is 1. The first-order chi connectivity index (χ1) is 18.3. The number of carbonyl (C=O) groups is 3. The normalized spacial score (nSPS) is 41.6. The quantitative estimate of drug-likeness (QED) is 0.490. The minimum absolute atomic E-state index is 0.00582. The highest BCUT2D eigenvalue weighted by Crippen LogP contribution is 2.64. The molecule has 2 saturated carbocycles. The Morgan fingerprint density at radius 1 is 1.18 bits per heavy atom.